The lowest BCUT2D eigenvalue weighted by Crippen LogP contribution is -2.28. The summed E-state index contributed by atoms with van der Waals surface area (Å²) < 4.78 is 10.8. The van der Waals surface area contributed by atoms with Gasteiger partial charge in [0.05, 0.1) is 0 Å². The zero-order valence-electron chi connectivity index (χ0n) is 8.66. The molecule has 0 spiro atoms. The van der Waals surface area contributed by atoms with Gasteiger partial charge < -0.3 is 11.1 Å². The molecular formula is C8H14N4O2S. The number of nitrogens with two attached hydrogens (primary N) is 1. The molecule has 84 valence electrons. The number of hydrogen-bond acceptors (Lipinski definition) is 4. The zero-order chi connectivity index (χ0) is 11.4. The van der Waals surface area contributed by atoms with Crippen LogP contribution < -0.4 is 11.1 Å². The Labute approximate surface area is 90.1 Å². The number of hydrogen-bond donors (Lipinski definition) is 3. The van der Waals surface area contributed by atoms with Gasteiger partial charge in [-0.1, -0.05) is 0 Å². The number of aromatic amines is 1. The van der Waals surface area contributed by atoms with E-state index in [0.29, 0.717) is 23.6 Å². The van der Waals surface area contributed by atoms with Crippen molar-refractivity contribution < 1.29 is 9.00 Å². The molecule has 0 aromatic carbocycles. The molecule has 7 heteroatoms. The number of rotatable bonds is 4. The van der Waals surface area contributed by atoms with Crippen LogP contribution in [0.1, 0.15) is 16.1 Å². The number of nitrogens with one attached hydrogen (secondary N) is 2. The third-order valence-corrected chi connectivity index (χ3v) is 2.66. The molecule has 0 fully saturated rings. The Balaban J connectivity index is 2.58. The van der Waals surface area contributed by atoms with Crippen LogP contribution in [0.4, 0.5) is 5.82 Å². The summed E-state index contributed by atoms with van der Waals surface area (Å²) in [7, 11) is -0.909. The van der Waals surface area contributed by atoms with Gasteiger partial charge in [0, 0.05) is 35.0 Å². The zero-order valence-corrected chi connectivity index (χ0v) is 9.48. The predicted octanol–water partition coefficient (Wildman–Crippen LogP) is -0.591. The highest BCUT2D eigenvalue weighted by molar-refractivity contribution is 7.84. The number of nitrogens with zero attached hydrogens (tertiary/aromatic N) is 1. The fraction of sp³-hybridized carbons (Fsp3) is 0.500. The van der Waals surface area contributed by atoms with Crippen molar-refractivity contribution in [3.8, 4) is 0 Å². The molecule has 1 rings (SSSR count). The van der Waals surface area contributed by atoms with E-state index in [1.54, 1.807) is 13.2 Å². The summed E-state index contributed by atoms with van der Waals surface area (Å²) in [5.41, 5.74) is 6.50. The number of carbonyl (C=O) groups excluding carboxylic acids is 1. The van der Waals surface area contributed by atoms with Crippen molar-refractivity contribution in [3.05, 3.63) is 11.3 Å². The van der Waals surface area contributed by atoms with Gasteiger partial charge in [0.1, 0.15) is 5.56 Å². The van der Waals surface area contributed by atoms with Gasteiger partial charge in [-0.25, -0.2) is 0 Å². The Morgan fingerprint density at radius 3 is 2.80 bits per heavy atom. The minimum Gasteiger partial charge on any atom is -0.382 e. The van der Waals surface area contributed by atoms with E-state index in [2.05, 4.69) is 15.5 Å². The second-order valence-electron chi connectivity index (χ2n) is 3.14. The first-order valence-electron chi connectivity index (χ1n) is 4.41. The molecule has 0 radical (unpaired) electrons. The molecule has 1 aromatic heterocycles. The fourth-order valence-corrected chi connectivity index (χ4v) is 1.52. The minimum absolute atomic E-state index is 0.183. The number of H-pyrrole nitrogens is 1. The third-order valence-electron chi connectivity index (χ3n) is 1.88. The van der Waals surface area contributed by atoms with Crippen LogP contribution in [0.2, 0.25) is 0 Å². The van der Waals surface area contributed by atoms with Crippen molar-refractivity contribution in [3.63, 3.8) is 0 Å². The first-order chi connectivity index (χ1) is 7.02. The molecular weight excluding hydrogens is 216 g/mol. The van der Waals surface area contributed by atoms with Gasteiger partial charge in [-0.05, 0) is 6.92 Å². The molecule has 1 unspecified atom stereocenters. The Hall–Kier alpha value is -1.37. The lowest BCUT2D eigenvalue weighted by Gasteiger charge is -2.03. The highest BCUT2D eigenvalue weighted by Crippen LogP contribution is 2.11. The highest BCUT2D eigenvalue weighted by Gasteiger charge is 2.15. The van der Waals surface area contributed by atoms with Gasteiger partial charge in [0.25, 0.3) is 5.91 Å². The molecule has 0 aliphatic carbocycles. The van der Waals surface area contributed by atoms with Crippen LogP contribution in [0.3, 0.4) is 0 Å². The second-order valence-corrected chi connectivity index (χ2v) is 4.70. The van der Waals surface area contributed by atoms with Crippen LogP contribution in [0.5, 0.6) is 0 Å². The summed E-state index contributed by atoms with van der Waals surface area (Å²) in [6, 6.07) is 0. The van der Waals surface area contributed by atoms with E-state index in [9.17, 15) is 9.00 Å². The molecule has 0 aliphatic rings. The van der Waals surface area contributed by atoms with E-state index >= 15 is 0 Å². The normalized spacial score (nSPS) is 12.4. The molecule has 1 amide bonds. The smallest absolute Gasteiger partial charge is 0.256 e. The molecule has 1 heterocycles. The van der Waals surface area contributed by atoms with Crippen molar-refractivity contribution in [2.24, 2.45) is 0 Å². The topological polar surface area (TPSA) is 101 Å². The van der Waals surface area contributed by atoms with Gasteiger partial charge in [0.2, 0.25) is 0 Å². The summed E-state index contributed by atoms with van der Waals surface area (Å²) in [6.07, 6.45) is 1.59. The summed E-state index contributed by atoms with van der Waals surface area (Å²) in [6.45, 7) is 2.09. The summed E-state index contributed by atoms with van der Waals surface area (Å²) in [4.78, 5) is 11.6. The van der Waals surface area contributed by atoms with E-state index < -0.39 is 10.8 Å². The van der Waals surface area contributed by atoms with E-state index in [0.717, 1.165) is 0 Å². The molecule has 0 bridgehead atoms. The van der Waals surface area contributed by atoms with Crippen molar-refractivity contribution >= 4 is 22.5 Å². The minimum atomic E-state index is -0.909. The maximum absolute atomic E-state index is 11.6. The van der Waals surface area contributed by atoms with E-state index in [1.807, 2.05) is 0 Å². The monoisotopic (exact) mass is 230 g/mol. The number of anilines is 1. The van der Waals surface area contributed by atoms with Crippen molar-refractivity contribution in [1.29, 1.82) is 0 Å². The molecule has 0 aliphatic heterocycles. The van der Waals surface area contributed by atoms with Crippen LogP contribution in [-0.4, -0.2) is 38.9 Å². The van der Waals surface area contributed by atoms with Gasteiger partial charge >= 0.3 is 0 Å². The largest absolute Gasteiger partial charge is 0.382 e. The van der Waals surface area contributed by atoms with Crippen LogP contribution >= 0.6 is 0 Å². The summed E-state index contributed by atoms with van der Waals surface area (Å²) in [5, 5.41) is 8.96. The molecule has 1 atom stereocenters. The van der Waals surface area contributed by atoms with Crippen LogP contribution in [0.25, 0.3) is 0 Å². The lowest BCUT2D eigenvalue weighted by atomic mass is 10.2. The van der Waals surface area contributed by atoms with Gasteiger partial charge in [-0.2, -0.15) is 5.10 Å². The number of nitrogen functional groups attached to an aromatic ring is 1. The summed E-state index contributed by atoms with van der Waals surface area (Å²) >= 11 is 0. The molecule has 1 aromatic rings. The van der Waals surface area contributed by atoms with Gasteiger partial charge in [-0.15, -0.1) is 0 Å². The summed E-state index contributed by atoms with van der Waals surface area (Å²) in [5.74, 6) is 0.328. The van der Waals surface area contributed by atoms with Crippen molar-refractivity contribution in [1.82, 2.24) is 15.5 Å². The number of aryl methyl sites for hydroxylation is 1. The maximum atomic E-state index is 11.6. The Bertz CT molecular complexity index is 368. The molecule has 6 nitrogen and oxygen atoms in total. The first-order valence-corrected chi connectivity index (χ1v) is 6.13. The quantitative estimate of drug-likeness (QED) is 0.643. The average Bonchev–Trinajstić information content (AvgIpc) is 2.45. The molecule has 15 heavy (non-hydrogen) atoms. The highest BCUT2D eigenvalue weighted by atomic mass is 32.2. The lowest BCUT2D eigenvalue weighted by molar-refractivity contribution is 0.0956. The van der Waals surface area contributed by atoms with Gasteiger partial charge in [-0.3, -0.25) is 14.1 Å². The first kappa shape index (κ1) is 11.7. The SMILES string of the molecule is Cc1[nH]nc(N)c1C(=O)NCCS(C)=O. The van der Waals surface area contributed by atoms with E-state index in [4.69, 9.17) is 5.73 Å². The van der Waals surface area contributed by atoms with Crippen molar-refractivity contribution in [2.45, 2.75) is 6.92 Å². The predicted molar refractivity (Wildman–Crippen MR) is 59.0 cm³/mol. The van der Waals surface area contributed by atoms with Crippen LogP contribution in [0.15, 0.2) is 0 Å². The number of aromatic nitrogens is 2. The number of carbonyl (C=O) groups is 1. The number of amides is 1. The van der Waals surface area contributed by atoms with Crippen LogP contribution in [-0.2, 0) is 10.8 Å². The average molecular weight is 230 g/mol. The Morgan fingerprint density at radius 2 is 2.33 bits per heavy atom. The standard InChI is InChI=1S/C8H14N4O2S/c1-5-6(7(9)12-11-5)8(13)10-3-4-15(2)14/h3-4H2,1-2H3,(H,10,13)(H3,9,11,12). The molecule has 0 saturated heterocycles. The Morgan fingerprint density at radius 1 is 1.67 bits per heavy atom. The van der Waals surface area contributed by atoms with E-state index in [1.165, 1.54) is 0 Å². The molecule has 0 saturated carbocycles. The molecule has 4 N–H and O–H groups in total. The second kappa shape index (κ2) is 4.92. The third kappa shape index (κ3) is 3.05. The van der Waals surface area contributed by atoms with Crippen molar-refractivity contribution in [2.75, 3.05) is 24.3 Å². The van der Waals surface area contributed by atoms with E-state index in [-0.39, 0.29) is 11.7 Å². The maximum Gasteiger partial charge on any atom is 0.256 e. The Kier molecular flexibility index (Phi) is 3.84. The van der Waals surface area contributed by atoms with Gasteiger partial charge in [0.15, 0.2) is 5.82 Å². The fourth-order valence-electron chi connectivity index (χ4n) is 1.13. The van der Waals surface area contributed by atoms with Crippen LogP contribution in [0, 0.1) is 6.92 Å².